The fourth-order valence-corrected chi connectivity index (χ4v) is 3.44. The van der Waals surface area contributed by atoms with Gasteiger partial charge in [-0.2, -0.15) is 5.10 Å². The van der Waals surface area contributed by atoms with Crippen LogP contribution < -0.4 is 10.2 Å². The number of hydrogen-bond acceptors (Lipinski definition) is 4. The van der Waals surface area contributed by atoms with Crippen LogP contribution in [-0.4, -0.2) is 26.4 Å². The third-order valence-electron chi connectivity index (χ3n) is 4.68. The van der Waals surface area contributed by atoms with E-state index in [0.29, 0.717) is 17.2 Å². The molecule has 4 rings (SSSR count). The highest BCUT2D eigenvalue weighted by molar-refractivity contribution is 6.31. The number of aromatic nitrogens is 3. The van der Waals surface area contributed by atoms with Gasteiger partial charge in [0.1, 0.15) is 5.82 Å². The number of fused-ring (bicyclic) bond motifs is 1. The Morgan fingerprint density at radius 3 is 2.72 bits per heavy atom. The molecule has 0 atom stereocenters. The summed E-state index contributed by atoms with van der Waals surface area (Å²) in [6.45, 7) is 1.40. The van der Waals surface area contributed by atoms with E-state index in [1.165, 1.54) is 30.2 Å². The molecule has 0 unspecified atom stereocenters. The average molecular weight is 456 g/mol. The van der Waals surface area contributed by atoms with Gasteiger partial charge in [0.2, 0.25) is 11.8 Å². The van der Waals surface area contributed by atoms with E-state index in [1.54, 1.807) is 41.2 Å². The highest BCUT2D eigenvalue weighted by Gasteiger charge is 2.18. The van der Waals surface area contributed by atoms with Gasteiger partial charge in [-0.25, -0.2) is 18.3 Å². The zero-order chi connectivity index (χ0) is 22.8. The molecule has 0 saturated carbocycles. The largest absolute Gasteiger partial charge is 0.326 e. The molecule has 2 amide bonds. The van der Waals surface area contributed by atoms with Gasteiger partial charge >= 0.3 is 0 Å². The first-order chi connectivity index (χ1) is 15.3. The lowest BCUT2D eigenvalue weighted by molar-refractivity contribution is -0.116. The third-order valence-corrected chi connectivity index (χ3v) is 5.09. The molecule has 0 saturated heterocycles. The van der Waals surface area contributed by atoms with E-state index >= 15 is 0 Å². The third kappa shape index (κ3) is 4.28. The van der Waals surface area contributed by atoms with Crippen molar-refractivity contribution < 1.29 is 18.4 Å². The number of nitrogens with one attached hydrogen (secondary N) is 1. The molecular formula is C22H16ClF2N5O2. The van der Waals surface area contributed by atoms with E-state index in [1.807, 2.05) is 0 Å². The fourth-order valence-electron chi connectivity index (χ4n) is 3.22. The van der Waals surface area contributed by atoms with Crippen molar-refractivity contribution in [1.29, 1.82) is 0 Å². The molecule has 1 N–H and O–H groups in total. The smallest absolute Gasteiger partial charge is 0.229 e. The second-order valence-corrected chi connectivity index (χ2v) is 7.28. The van der Waals surface area contributed by atoms with E-state index in [9.17, 15) is 18.4 Å². The Bertz CT molecular complexity index is 1340. The number of carbonyl (C=O) groups excluding carboxylic acids is 2. The van der Waals surface area contributed by atoms with E-state index in [0.717, 1.165) is 11.6 Å². The molecule has 0 spiro atoms. The lowest BCUT2D eigenvalue weighted by Gasteiger charge is -2.21. The van der Waals surface area contributed by atoms with Gasteiger partial charge in [0.25, 0.3) is 0 Å². The van der Waals surface area contributed by atoms with Crippen LogP contribution in [-0.2, 0) is 16.0 Å². The summed E-state index contributed by atoms with van der Waals surface area (Å²) in [5.41, 5.74) is 1.89. The van der Waals surface area contributed by atoms with Crippen molar-refractivity contribution in [2.24, 2.45) is 0 Å². The molecule has 0 aliphatic carbocycles. The minimum Gasteiger partial charge on any atom is -0.326 e. The molecule has 7 nitrogen and oxygen atoms in total. The molecule has 0 aliphatic rings. The maximum atomic E-state index is 13.6. The molecule has 0 fully saturated rings. The van der Waals surface area contributed by atoms with Gasteiger partial charge in [-0.05, 0) is 35.9 Å². The van der Waals surface area contributed by atoms with Crippen LogP contribution in [0, 0.1) is 11.6 Å². The fraction of sp³-hybridized carbons (Fsp3) is 0.0909. The van der Waals surface area contributed by atoms with Crippen molar-refractivity contribution in [2.45, 2.75) is 13.3 Å². The molecule has 0 radical (unpaired) electrons. The number of amides is 2. The van der Waals surface area contributed by atoms with Crippen LogP contribution in [0.25, 0.3) is 5.52 Å². The standard InChI is InChI=1S/C22H16ClF2N5O2/c1-13(31)30(17-6-9-29-16(12-17)5-8-27-29)19-11-15(4-7-26-19)28-20(32)10-14-2-3-18(24)22(25)21(14)23/h2-9,11-12H,10H2,1H3,(H,26,28,32). The van der Waals surface area contributed by atoms with Gasteiger partial charge in [-0.1, -0.05) is 17.7 Å². The summed E-state index contributed by atoms with van der Waals surface area (Å²) in [7, 11) is 0. The van der Waals surface area contributed by atoms with Crippen LogP contribution in [0.3, 0.4) is 0 Å². The van der Waals surface area contributed by atoms with Gasteiger partial charge in [-0.15, -0.1) is 0 Å². The molecule has 3 aromatic heterocycles. The van der Waals surface area contributed by atoms with E-state index in [2.05, 4.69) is 15.4 Å². The molecular weight excluding hydrogens is 440 g/mol. The highest BCUT2D eigenvalue weighted by Crippen LogP contribution is 2.27. The minimum atomic E-state index is -1.20. The zero-order valence-corrected chi connectivity index (χ0v) is 17.5. The number of benzene rings is 1. The molecule has 3 heterocycles. The Kier molecular flexibility index (Phi) is 5.83. The Morgan fingerprint density at radius 1 is 1.12 bits per heavy atom. The Morgan fingerprint density at radius 2 is 1.94 bits per heavy atom. The number of carbonyl (C=O) groups is 2. The first-order valence-electron chi connectivity index (χ1n) is 9.46. The van der Waals surface area contributed by atoms with Crippen LogP contribution in [0.1, 0.15) is 12.5 Å². The van der Waals surface area contributed by atoms with E-state index < -0.39 is 22.6 Å². The molecule has 0 bridgehead atoms. The lowest BCUT2D eigenvalue weighted by atomic mass is 10.1. The summed E-state index contributed by atoms with van der Waals surface area (Å²) < 4.78 is 28.5. The van der Waals surface area contributed by atoms with E-state index in [4.69, 9.17) is 11.6 Å². The van der Waals surface area contributed by atoms with Crippen molar-refractivity contribution in [2.75, 3.05) is 10.2 Å². The predicted molar refractivity (Wildman–Crippen MR) is 116 cm³/mol. The van der Waals surface area contributed by atoms with Gasteiger partial charge in [-0.3, -0.25) is 14.5 Å². The number of anilines is 3. The van der Waals surface area contributed by atoms with Gasteiger partial charge in [0, 0.05) is 37.3 Å². The summed E-state index contributed by atoms with van der Waals surface area (Å²) in [6, 6.07) is 10.6. The molecule has 162 valence electrons. The molecule has 4 aromatic rings. The summed E-state index contributed by atoms with van der Waals surface area (Å²) in [5, 5.41) is 6.35. The molecule has 1 aromatic carbocycles. The van der Waals surface area contributed by atoms with Crippen molar-refractivity contribution in [3.63, 3.8) is 0 Å². The quantitative estimate of drug-likeness (QED) is 0.448. The van der Waals surface area contributed by atoms with Gasteiger partial charge in [0.15, 0.2) is 11.6 Å². The second-order valence-electron chi connectivity index (χ2n) is 6.90. The van der Waals surface area contributed by atoms with Crippen molar-refractivity contribution >= 4 is 46.1 Å². The lowest BCUT2D eigenvalue weighted by Crippen LogP contribution is -2.24. The minimum absolute atomic E-state index is 0.150. The van der Waals surface area contributed by atoms with Crippen LogP contribution in [0.2, 0.25) is 5.02 Å². The van der Waals surface area contributed by atoms with Crippen LogP contribution >= 0.6 is 11.6 Å². The first-order valence-corrected chi connectivity index (χ1v) is 9.83. The number of halogens is 3. The maximum absolute atomic E-state index is 13.6. The first kappa shape index (κ1) is 21.4. The summed E-state index contributed by atoms with van der Waals surface area (Å²) in [6.07, 6.45) is 4.55. The van der Waals surface area contributed by atoms with Gasteiger partial charge < -0.3 is 5.32 Å². The van der Waals surface area contributed by atoms with E-state index in [-0.39, 0.29) is 17.9 Å². The SMILES string of the molecule is CC(=O)N(c1ccn2nccc2c1)c1cc(NC(=O)Cc2ccc(F)c(F)c2Cl)ccn1. The summed E-state index contributed by atoms with van der Waals surface area (Å²) >= 11 is 5.79. The average Bonchev–Trinajstić information content (AvgIpc) is 3.22. The van der Waals surface area contributed by atoms with Crippen molar-refractivity contribution in [3.05, 3.63) is 83.3 Å². The predicted octanol–water partition coefficient (Wildman–Crippen LogP) is 4.53. The highest BCUT2D eigenvalue weighted by atomic mass is 35.5. The molecule has 32 heavy (non-hydrogen) atoms. The Labute approximate surface area is 186 Å². The normalized spacial score (nSPS) is 10.9. The summed E-state index contributed by atoms with van der Waals surface area (Å²) in [4.78, 5) is 30.5. The Hall–Kier alpha value is -3.85. The maximum Gasteiger partial charge on any atom is 0.229 e. The summed E-state index contributed by atoms with van der Waals surface area (Å²) in [5.74, 6) is -2.76. The number of hydrogen-bond donors (Lipinski definition) is 1. The van der Waals surface area contributed by atoms with Crippen LogP contribution in [0.15, 0.2) is 61.1 Å². The second kappa shape index (κ2) is 8.72. The number of rotatable bonds is 5. The van der Waals surface area contributed by atoms with Crippen molar-refractivity contribution in [3.8, 4) is 0 Å². The Balaban J connectivity index is 1.57. The molecule has 10 heteroatoms. The number of pyridine rings is 2. The monoisotopic (exact) mass is 455 g/mol. The topological polar surface area (TPSA) is 79.6 Å². The number of nitrogens with zero attached hydrogens (tertiary/aromatic N) is 4. The van der Waals surface area contributed by atoms with Crippen LogP contribution in [0.4, 0.5) is 26.0 Å². The van der Waals surface area contributed by atoms with Crippen LogP contribution in [0.5, 0.6) is 0 Å². The van der Waals surface area contributed by atoms with Crippen molar-refractivity contribution in [1.82, 2.24) is 14.6 Å². The molecule has 0 aliphatic heterocycles. The van der Waals surface area contributed by atoms with Gasteiger partial charge in [0.05, 0.1) is 22.6 Å². The zero-order valence-electron chi connectivity index (χ0n) is 16.7.